The minimum atomic E-state index is 0.563. The van der Waals surface area contributed by atoms with E-state index in [2.05, 4.69) is 5.10 Å². The van der Waals surface area contributed by atoms with Crippen LogP contribution in [0.2, 0.25) is 5.02 Å². The van der Waals surface area contributed by atoms with Gasteiger partial charge in [-0.05, 0) is 24.3 Å². The van der Waals surface area contributed by atoms with E-state index in [-0.39, 0.29) is 0 Å². The second kappa shape index (κ2) is 5.27. The van der Waals surface area contributed by atoms with Gasteiger partial charge in [0.25, 0.3) is 0 Å². The Balaban J connectivity index is 1.84. The zero-order valence-corrected chi connectivity index (χ0v) is 10.2. The molecule has 2 aromatic rings. The van der Waals surface area contributed by atoms with Crippen LogP contribution in [0.3, 0.4) is 0 Å². The minimum absolute atomic E-state index is 0.563. The van der Waals surface area contributed by atoms with E-state index in [0.717, 1.165) is 17.3 Å². The van der Waals surface area contributed by atoms with Crippen molar-refractivity contribution in [2.24, 2.45) is 0 Å². The van der Waals surface area contributed by atoms with Gasteiger partial charge in [-0.25, -0.2) is 0 Å². The Bertz CT molecular complexity index is 470. The maximum absolute atomic E-state index is 5.90. The van der Waals surface area contributed by atoms with Gasteiger partial charge in [0.15, 0.2) is 0 Å². The number of nitrogens with zero attached hydrogens (tertiary/aromatic N) is 2. The van der Waals surface area contributed by atoms with Crippen LogP contribution in [0, 0.1) is 0 Å². The van der Waals surface area contributed by atoms with Gasteiger partial charge in [-0.2, -0.15) is 5.10 Å². The summed E-state index contributed by atoms with van der Waals surface area (Å²) in [6, 6.07) is 9.64. The number of thioether (sulfide) groups is 1. The Hall–Kier alpha value is -1.13. The van der Waals surface area contributed by atoms with Crippen molar-refractivity contribution in [3.05, 3.63) is 41.6 Å². The van der Waals surface area contributed by atoms with Crippen molar-refractivity contribution in [3.63, 3.8) is 0 Å². The van der Waals surface area contributed by atoms with E-state index in [4.69, 9.17) is 17.3 Å². The van der Waals surface area contributed by atoms with Crippen molar-refractivity contribution in [3.8, 4) is 0 Å². The van der Waals surface area contributed by atoms with Crippen molar-refractivity contribution < 1.29 is 0 Å². The van der Waals surface area contributed by atoms with Crippen LogP contribution in [0.15, 0.2) is 41.4 Å². The normalized spacial score (nSPS) is 10.6. The molecule has 16 heavy (non-hydrogen) atoms. The molecule has 84 valence electrons. The number of halogens is 1. The summed E-state index contributed by atoms with van der Waals surface area (Å²) >= 11 is 7.65. The third-order valence-electron chi connectivity index (χ3n) is 2.05. The van der Waals surface area contributed by atoms with Crippen molar-refractivity contribution in [1.82, 2.24) is 9.78 Å². The lowest BCUT2D eigenvalue weighted by atomic mass is 10.4. The third kappa shape index (κ3) is 3.18. The fraction of sp³-hybridized carbons (Fsp3) is 0.182. The molecule has 3 nitrogen and oxygen atoms in total. The third-order valence-corrected chi connectivity index (χ3v) is 3.26. The van der Waals surface area contributed by atoms with Crippen molar-refractivity contribution in [1.29, 1.82) is 0 Å². The van der Waals surface area contributed by atoms with Crippen LogP contribution in [0.1, 0.15) is 0 Å². The van der Waals surface area contributed by atoms with Crippen molar-refractivity contribution in [2.75, 3.05) is 11.5 Å². The molecule has 0 spiro atoms. The highest BCUT2D eigenvalue weighted by Crippen LogP contribution is 2.21. The number of benzene rings is 1. The molecule has 0 aliphatic carbocycles. The summed E-state index contributed by atoms with van der Waals surface area (Å²) < 4.78 is 1.84. The molecule has 0 unspecified atom stereocenters. The summed E-state index contributed by atoms with van der Waals surface area (Å²) in [5, 5.41) is 4.89. The summed E-state index contributed by atoms with van der Waals surface area (Å²) in [4.78, 5) is 1.17. The Kier molecular flexibility index (Phi) is 3.74. The summed E-state index contributed by atoms with van der Waals surface area (Å²) in [5.41, 5.74) is 5.53. The quantitative estimate of drug-likeness (QED) is 0.852. The van der Waals surface area contributed by atoms with E-state index in [1.54, 1.807) is 17.8 Å². The molecule has 0 saturated heterocycles. The molecular weight excluding hydrogens is 242 g/mol. The van der Waals surface area contributed by atoms with Gasteiger partial charge < -0.3 is 5.73 Å². The average molecular weight is 254 g/mol. The van der Waals surface area contributed by atoms with Crippen LogP contribution in [0.5, 0.6) is 0 Å². The predicted octanol–water partition coefficient (Wildman–Crippen LogP) is 2.91. The lowest BCUT2D eigenvalue weighted by Crippen LogP contribution is -2.01. The summed E-state index contributed by atoms with van der Waals surface area (Å²) in [6.07, 6.45) is 1.88. The number of aromatic nitrogens is 2. The average Bonchev–Trinajstić information content (AvgIpc) is 2.64. The van der Waals surface area contributed by atoms with E-state index < -0.39 is 0 Å². The number of anilines is 1. The molecule has 2 N–H and O–H groups in total. The molecular formula is C11H12ClN3S. The fourth-order valence-corrected chi connectivity index (χ4v) is 2.47. The van der Waals surface area contributed by atoms with Crippen LogP contribution < -0.4 is 5.73 Å². The second-order valence-electron chi connectivity index (χ2n) is 3.31. The highest BCUT2D eigenvalue weighted by Gasteiger charge is 1.97. The van der Waals surface area contributed by atoms with Gasteiger partial charge in [0.2, 0.25) is 0 Å². The molecule has 0 fully saturated rings. The van der Waals surface area contributed by atoms with E-state index in [9.17, 15) is 0 Å². The summed E-state index contributed by atoms with van der Waals surface area (Å²) in [6.45, 7) is 0.842. The zero-order chi connectivity index (χ0) is 11.4. The Morgan fingerprint density at radius 2 is 2.25 bits per heavy atom. The molecule has 5 heteroatoms. The number of aryl methyl sites for hydroxylation is 1. The summed E-state index contributed by atoms with van der Waals surface area (Å²) in [5.74, 6) is 1.51. The van der Waals surface area contributed by atoms with Gasteiger partial charge in [0.1, 0.15) is 5.82 Å². The highest BCUT2D eigenvalue weighted by atomic mass is 35.5. The Morgan fingerprint density at radius 3 is 2.94 bits per heavy atom. The van der Waals surface area contributed by atoms with E-state index in [1.165, 1.54) is 4.90 Å². The minimum Gasteiger partial charge on any atom is -0.382 e. The molecule has 0 atom stereocenters. The van der Waals surface area contributed by atoms with Gasteiger partial charge >= 0.3 is 0 Å². The molecule has 0 aliphatic rings. The smallest absolute Gasteiger partial charge is 0.145 e. The number of hydrogen-bond donors (Lipinski definition) is 1. The van der Waals surface area contributed by atoms with Gasteiger partial charge in [0.05, 0.1) is 6.54 Å². The van der Waals surface area contributed by atoms with Crippen LogP contribution >= 0.6 is 23.4 Å². The van der Waals surface area contributed by atoms with Gasteiger partial charge in [-0.3, -0.25) is 4.68 Å². The second-order valence-corrected chi connectivity index (χ2v) is 4.91. The Labute approximate surface area is 104 Å². The zero-order valence-electron chi connectivity index (χ0n) is 8.64. The number of nitrogen functional groups attached to an aromatic ring is 1. The first kappa shape index (κ1) is 11.4. The monoisotopic (exact) mass is 253 g/mol. The van der Waals surface area contributed by atoms with Gasteiger partial charge in [-0.15, -0.1) is 11.8 Å². The van der Waals surface area contributed by atoms with Crippen LogP contribution in [-0.4, -0.2) is 15.5 Å². The van der Waals surface area contributed by atoms with E-state index in [1.807, 2.05) is 35.1 Å². The number of nitrogens with two attached hydrogens (primary N) is 1. The number of rotatable bonds is 4. The SMILES string of the molecule is Nc1ccn(CCSc2cccc(Cl)c2)n1. The molecule has 0 bridgehead atoms. The first-order chi connectivity index (χ1) is 7.74. The summed E-state index contributed by atoms with van der Waals surface area (Å²) in [7, 11) is 0. The van der Waals surface area contributed by atoms with Gasteiger partial charge in [-0.1, -0.05) is 17.7 Å². The van der Waals surface area contributed by atoms with Gasteiger partial charge in [0, 0.05) is 21.9 Å². The molecule has 0 radical (unpaired) electrons. The lowest BCUT2D eigenvalue weighted by Gasteiger charge is -2.02. The maximum Gasteiger partial charge on any atom is 0.145 e. The van der Waals surface area contributed by atoms with E-state index in [0.29, 0.717) is 5.82 Å². The molecule has 1 aromatic carbocycles. The fourth-order valence-electron chi connectivity index (χ4n) is 1.32. The number of hydrogen-bond acceptors (Lipinski definition) is 3. The molecule has 0 amide bonds. The first-order valence-electron chi connectivity index (χ1n) is 4.91. The van der Waals surface area contributed by atoms with E-state index >= 15 is 0 Å². The van der Waals surface area contributed by atoms with Crippen molar-refractivity contribution >= 4 is 29.2 Å². The molecule has 0 saturated carbocycles. The van der Waals surface area contributed by atoms with Crippen LogP contribution in [-0.2, 0) is 6.54 Å². The highest BCUT2D eigenvalue weighted by molar-refractivity contribution is 7.99. The maximum atomic E-state index is 5.90. The predicted molar refractivity (Wildman–Crippen MR) is 68.8 cm³/mol. The largest absolute Gasteiger partial charge is 0.382 e. The van der Waals surface area contributed by atoms with Crippen LogP contribution in [0.25, 0.3) is 0 Å². The standard InChI is InChI=1S/C11H12ClN3S/c12-9-2-1-3-10(8-9)16-7-6-15-5-4-11(13)14-15/h1-5,8H,6-7H2,(H2,13,14). The molecule has 1 aromatic heterocycles. The lowest BCUT2D eigenvalue weighted by molar-refractivity contribution is 0.669. The Morgan fingerprint density at radius 1 is 1.38 bits per heavy atom. The first-order valence-corrected chi connectivity index (χ1v) is 6.28. The van der Waals surface area contributed by atoms with Crippen LogP contribution in [0.4, 0.5) is 5.82 Å². The molecule has 0 aliphatic heterocycles. The van der Waals surface area contributed by atoms with Crippen molar-refractivity contribution in [2.45, 2.75) is 11.4 Å². The topological polar surface area (TPSA) is 43.8 Å². The molecule has 2 rings (SSSR count). The molecule has 1 heterocycles.